The first kappa shape index (κ1) is 13.4. The molecule has 3 heteroatoms. The molecule has 2 aromatic rings. The van der Waals surface area contributed by atoms with E-state index >= 15 is 0 Å². The van der Waals surface area contributed by atoms with Gasteiger partial charge < -0.3 is 5.32 Å². The topological polar surface area (TPSA) is 29.1 Å². The Labute approximate surface area is 124 Å². The first-order chi connectivity index (χ1) is 9.74. The Hall–Kier alpha value is -1.54. The second kappa shape index (κ2) is 5.84. The summed E-state index contributed by atoms with van der Waals surface area (Å²) in [5.74, 6) is 0.538. The molecule has 1 fully saturated rings. The maximum atomic E-state index is 12.4. The van der Waals surface area contributed by atoms with Gasteiger partial charge in [-0.05, 0) is 42.0 Å². The van der Waals surface area contributed by atoms with Crippen molar-refractivity contribution in [2.45, 2.75) is 24.6 Å². The van der Waals surface area contributed by atoms with Crippen LogP contribution < -0.4 is 5.32 Å². The number of hydrogen-bond acceptors (Lipinski definition) is 1. The van der Waals surface area contributed by atoms with Crippen LogP contribution in [0.2, 0.25) is 0 Å². The molecule has 1 N–H and O–H groups in total. The van der Waals surface area contributed by atoms with Gasteiger partial charge in [0.15, 0.2) is 0 Å². The minimum absolute atomic E-state index is 0.0137. The van der Waals surface area contributed by atoms with Gasteiger partial charge in [-0.25, -0.2) is 0 Å². The Balaban J connectivity index is 1.72. The van der Waals surface area contributed by atoms with E-state index < -0.39 is 0 Å². The molecule has 104 valence electrons. The SMILES string of the molecule is O=C(NCC1CCC(Cl)C1)c1cccc2ccccc12. The Morgan fingerprint density at radius 2 is 1.95 bits per heavy atom. The van der Waals surface area contributed by atoms with Gasteiger partial charge in [0.1, 0.15) is 0 Å². The molecule has 0 aliphatic heterocycles. The normalized spacial score (nSPS) is 22.1. The fourth-order valence-electron chi connectivity index (χ4n) is 2.96. The summed E-state index contributed by atoms with van der Waals surface area (Å²) in [6.45, 7) is 0.727. The van der Waals surface area contributed by atoms with Crippen molar-refractivity contribution < 1.29 is 4.79 Å². The molecule has 0 saturated heterocycles. The number of carbonyl (C=O) groups is 1. The second-order valence-electron chi connectivity index (χ2n) is 5.51. The van der Waals surface area contributed by atoms with Crippen LogP contribution in [0.25, 0.3) is 10.8 Å². The lowest BCUT2D eigenvalue weighted by Crippen LogP contribution is -2.28. The molecule has 2 atom stereocenters. The van der Waals surface area contributed by atoms with E-state index in [1.807, 2.05) is 42.5 Å². The van der Waals surface area contributed by atoms with Gasteiger partial charge in [-0.15, -0.1) is 11.6 Å². The predicted octanol–water partition coefficient (Wildman–Crippen LogP) is 3.98. The van der Waals surface area contributed by atoms with E-state index in [-0.39, 0.29) is 11.3 Å². The van der Waals surface area contributed by atoms with E-state index in [0.29, 0.717) is 5.92 Å². The first-order valence-electron chi connectivity index (χ1n) is 7.14. The number of benzene rings is 2. The maximum Gasteiger partial charge on any atom is 0.251 e. The quantitative estimate of drug-likeness (QED) is 0.850. The second-order valence-corrected chi connectivity index (χ2v) is 6.13. The smallest absolute Gasteiger partial charge is 0.251 e. The van der Waals surface area contributed by atoms with Gasteiger partial charge in [0.25, 0.3) is 5.91 Å². The third-order valence-electron chi connectivity index (χ3n) is 4.06. The van der Waals surface area contributed by atoms with Gasteiger partial charge in [0.05, 0.1) is 0 Å². The average molecular weight is 288 g/mol. The molecule has 0 aromatic heterocycles. The van der Waals surface area contributed by atoms with Crippen LogP contribution in [0.3, 0.4) is 0 Å². The zero-order valence-electron chi connectivity index (χ0n) is 11.3. The molecule has 1 saturated carbocycles. The molecule has 1 aliphatic carbocycles. The highest BCUT2D eigenvalue weighted by Crippen LogP contribution is 2.28. The third kappa shape index (κ3) is 2.80. The molecule has 2 aromatic carbocycles. The number of rotatable bonds is 3. The number of amides is 1. The number of nitrogens with one attached hydrogen (secondary N) is 1. The summed E-state index contributed by atoms with van der Waals surface area (Å²) in [6, 6.07) is 13.8. The minimum atomic E-state index is 0.0137. The van der Waals surface area contributed by atoms with E-state index in [1.54, 1.807) is 0 Å². The van der Waals surface area contributed by atoms with Crippen LogP contribution >= 0.6 is 11.6 Å². The highest BCUT2D eigenvalue weighted by atomic mass is 35.5. The fraction of sp³-hybridized carbons (Fsp3) is 0.353. The van der Waals surface area contributed by atoms with Gasteiger partial charge in [-0.3, -0.25) is 4.79 Å². The van der Waals surface area contributed by atoms with Crippen molar-refractivity contribution in [2.75, 3.05) is 6.54 Å². The van der Waals surface area contributed by atoms with Gasteiger partial charge in [0.2, 0.25) is 0 Å². The third-order valence-corrected chi connectivity index (χ3v) is 4.46. The minimum Gasteiger partial charge on any atom is -0.352 e. The molecule has 1 aliphatic rings. The fourth-order valence-corrected chi connectivity index (χ4v) is 3.33. The monoisotopic (exact) mass is 287 g/mol. The molecule has 0 spiro atoms. The molecule has 0 heterocycles. The molecule has 3 rings (SSSR count). The summed E-state index contributed by atoms with van der Waals surface area (Å²) in [5.41, 5.74) is 0.753. The lowest BCUT2D eigenvalue weighted by molar-refractivity contribution is 0.0949. The van der Waals surface area contributed by atoms with Gasteiger partial charge in [-0.1, -0.05) is 36.4 Å². The van der Waals surface area contributed by atoms with Crippen LogP contribution in [0.1, 0.15) is 29.6 Å². The van der Waals surface area contributed by atoms with Gasteiger partial charge in [0, 0.05) is 17.5 Å². The van der Waals surface area contributed by atoms with Crippen LogP contribution in [0, 0.1) is 5.92 Å². The highest BCUT2D eigenvalue weighted by molar-refractivity contribution is 6.20. The number of fused-ring (bicyclic) bond motifs is 1. The largest absolute Gasteiger partial charge is 0.352 e. The summed E-state index contributed by atoms with van der Waals surface area (Å²) in [4.78, 5) is 12.4. The number of alkyl halides is 1. The standard InChI is InChI=1S/C17H18ClNO/c18-14-9-8-12(10-14)11-19-17(20)16-7-3-5-13-4-1-2-6-15(13)16/h1-7,12,14H,8-11H2,(H,19,20). The molecule has 20 heavy (non-hydrogen) atoms. The summed E-state index contributed by atoms with van der Waals surface area (Å²) in [5, 5.41) is 5.45. The van der Waals surface area contributed by atoms with Gasteiger partial charge >= 0.3 is 0 Å². The number of hydrogen-bond donors (Lipinski definition) is 1. The molecule has 0 radical (unpaired) electrons. The molecule has 2 nitrogen and oxygen atoms in total. The Morgan fingerprint density at radius 3 is 2.75 bits per heavy atom. The van der Waals surface area contributed by atoms with E-state index in [9.17, 15) is 4.79 Å². The Morgan fingerprint density at radius 1 is 1.15 bits per heavy atom. The lowest BCUT2D eigenvalue weighted by Gasteiger charge is -2.12. The lowest BCUT2D eigenvalue weighted by atomic mass is 10.0. The summed E-state index contributed by atoms with van der Waals surface area (Å²) >= 11 is 6.10. The Bertz CT molecular complexity index is 620. The molecule has 2 unspecified atom stereocenters. The highest BCUT2D eigenvalue weighted by Gasteiger charge is 2.23. The van der Waals surface area contributed by atoms with Crippen LogP contribution in [0.15, 0.2) is 42.5 Å². The molecule has 1 amide bonds. The van der Waals surface area contributed by atoms with E-state index in [4.69, 9.17) is 11.6 Å². The van der Waals surface area contributed by atoms with Crippen LogP contribution in [-0.4, -0.2) is 17.8 Å². The zero-order chi connectivity index (χ0) is 13.9. The van der Waals surface area contributed by atoms with Crippen molar-refractivity contribution in [1.82, 2.24) is 5.32 Å². The number of carbonyl (C=O) groups excluding carboxylic acids is 1. The van der Waals surface area contributed by atoms with Crippen molar-refractivity contribution in [2.24, 2.45) is 5.92 Å². The van der Waals surface area contributed by atoms with Crippen LogP contribution in [0.4, 0.5) is 0 Å². The van der Waals surface area contributed by atoms with Crippen molar-refractivity contribution >= 4 is 28.3 Å². The maximum absolute atomic E-state index is 12.4. The van der Waals surface area contributed by atoms with Crippen LogP contribution in [-0.2, 0) is 0 Å². The summed E-state index contributed by atoms with van der Waals surface area (Å²) < 4.78 is 0. The van der Waals surface area contributed by atoms with E-state index in [1.165, 1.54) is 0 Å². The van der Waals surface area contributed by atoms with Crippen molar-refractivity contribution in [3.63, 3.8) is 0 Å². The van der Waals surface area contributed by atoms with E-state index in [2.05, 4.69) is 5.32 Å². The van der Waals surface area contributed by atoms with Crippen molar-refractivity contribution in [1.29, 1.82) is 0 Å². The molecular weight excluding hydrogens is 270 g/mol. The van der Waals surface area contributed by atoms with Crippen LogP contribution in [0.5, 0.6) is 0 Å². The summed E-state index contributed by atoms with van der Waals surface area (Å²) in [6.07, 6.45) is 3.19. The van der Waals surface area contributed by atoms with Gasteiger partial charge in [-0.2, -0.15) is 0 Å². The summed E-state index contributed by atoms with van der Waals surface area (Å²) in [7, 11) is 0. The molecular formula is C17H18ClNO. The van der Waals surface area contributed by atoms with E-state index in [0.717, 1.165) is 42.1 Å². The average Bonchev–Trinajstić information content (AvgIpc) is 2.90. The van der Waals surface area contributed by atoms with Crippen molar-refractivity contribution in [3.05, 3.63) is 48.0 Å². The van der Waals surface area contributed by atoms with Crippen molar-refractivity contribution in [3.8, 4) is 0 Å². The first-order valence-corrected chi connectivity index (χ1v) is 7.57. The Kier molecular flexibility index (Phi) is 3.93. The predicted molar refractivity (Wildman–Crippen MR) is 83.3 cm³/mol. The molecule has 0 bridgehead atoms. The zero-order valence-corrected chi connectivity index (χ0v) is 12.1. The number of halogens is 1.